The lowest BCUT2D eigenvalue weighted by Gasteiger charge is -2.18. The van der Waals surface area contributed by atoms with Crippen LogP contribution in [0.4, 0.5) is 0 Å². The van der Waals surface area contributed by atoms with E-state index in [0.717, 1.165) is 36.4 Å². The summed E-state index contributed by atoms with van der Waals surface area (Å²) >= 11 is 0. The van der Waals surface area contributed by atoms with Crippen molar-refractivity contribution < 1.29 is 29.3 Å². The Kier molecular flexibility index (Phi) is 10.2. The molecule has 0 aliphatic heterocycles. The van der Waals surface area contributed by atoms with E-state index in [1.54, 1.807) is 14.2 Å². The highest BCUT2D eigenvalue weighted by Crippen LogP contribution is 2.31. The predicted molar refractivity (Wildman–Crippen MR) is 90.8 cm³/mol. The Morgan fingerprint density at radius 1 is 1.08 bits per heavy atom. The van der Waals surface area contributed by atoms with Crippen molar-refractivity contribution in [1.29, 1.82) is 0 Å². The molecule has 0 aliphatic carbocycles. The number of hydrogen-bond donors (Lipinski definition) is 3. The minimum Gasteiger partial charge on any atom is -0.496 e. The van der Waals surface area contributed by atoms with Crippen LogP contribution in [0.3, 0.4) is 0 Å². The summed E-state index contributed by atoms with van der Waals surface area (Å²) in [5, 5.41) is 18.3. The molecule has 0 atom stereocenters. The van der Waals surface area contributed by atoms with Crippen molar-refractivity contribution >= 4 is 11.9 Å². The molecule has 0 spiro atoms. The van der Waals surface area contributed by atoms with Crippen LogP contribution in [0.2, 0.25) is 0 Å². The van der Waals surface area contributed by atoms with Crippen molar-refractivity contribution in [1.82, 2.24) is 5.32 Å². The first-order valence-electron chi connectivity index (χ1n) is 7.72. The molecular weight excluding hydrogens is 314 g/mol. The molecule has 1 aromatic rings. The van der Waals surface area contributed by atoms with E-state index in [4.69, 9.17) is 29.3 Å². The summed E-state index contributed by atoms with van der Waals surface area (Å²) in [6.07, 6.45) is 2.29. The number of hydrogen-bond acceptors (Lipinski definition) is 5. The lowest BCUT2D eigenvalue weighted by molar-refractivity contribution is -0.159. The molecular formula is C17H27NO6. The molecule has 7 nitrogen and oxygen atoms in total. The predicted octanol–water partition coefficient (Wildman–Crippen LogP) is 2.45. The number of carboxylic acid groups (broad SMARTS) is 2. The molecule has 0 unspecified atom stereocenters. The number of methoxy groups -OCH3 is 2. The van der Waals surface area contributed by atoms with E-state index in [9.17, 15) is 0 Å². The Labute approximate surface area is 142 Å². The smallest absolute Gasteiger partial charge is 0.414 e. The number of carbonyl (C=O) groups is 2. The summed E-state index contributed by atoms with van der Waals surface area (Å²) in [6.45, 7) is 7.27. The summed E-state index contributed by atoms with van der Waals surface area (Å²) in [6, 6.07) is 4.64. The second kappa shape index (κ2) is 11.3. The molecule has 0 saturated heterocycles. The average molecular weight is 341 g/mol. The molecule has 0 bridgehead atoms. The van der Waals surface area contributed by atoms with Crippen molar-refractivity contribution in [3.63, 3.8) is 0 Å². The second-order valence-electron chi connectivity index (χ2n) is 5.09. The van der Waals surface area contributed by atoms with Gasteiger partial charge < -0.3 is 25.0 Å². The van der Waals surface area contributed by atoms with Gasteiger partial charge in [-0.05, 0) is 25.8 Å². The lowest BCUT2D eigenvalue weighted by Crippen LogP contribution is -2.27. The van der Waals surface area contributed by atoms with Gasteiger partial charge in [-0.3, -0.25) is 0 Å². The van der Waals surface area contributed by atoms with Gasteiger partial charge in [0.05, 0.1) is 14.2 Å². The zero-order valence-electron chi connectivity index (χ0n) is 14.9. The van der Waals surface area contributed by atoms with Crippen molar-refractivity contribution in [3.05, 3.63) is 23.3 Å². The average Bonchev–Trinajstić information content (AvgIpc) is 2.56. The third-order valence-electron chi connectivity index (χ3n) is 3.61. The third-order valence-corrected chi connectivity index (χ3v) is 3.61. The number of ether oxygens (including phenoxy) is 2. The van der Waals surface area contributed by atoms with E-state index < -0.39 is 11.9 Å². The maximum atomic E-state index is 9.10. The highest BCUT2D eigenvalue weighted by Gasteiger charge is 2.12. The zero-order valence-corrected chi connectivity index (χ0v) is 14.9. The lowest BCUT2D eigenvalue weighted by atomic mass is 10.1. The number of aliphatic carboxylic acids is 2. The van der Waals surface area contributed by atoms with Gasteiger partial charge in [0.2, 0.25) is 0 Å². The van der Waals surface area contributed by atoms with Gasteiger partial charge in [-0.2, -0.15) is 0 Å². The third kappa shape index (κ3) is 6.87. The zero-order chi connectivity index (χ0) is 18.7. The molecule has 0 heterocycles. The van der Waals surface area contributed by atoms with Gasteiger partial charge >= 0.3 is 11.9 Å². The van der Waals surface area contributed by atoms with Crippen LogP contribution in [0.1, 0.15) is 37.8 Å². The first-order chi connectivity index (χ1) is 11.3. The van der Waals surface area contributed by atoms with E-state index in [-0.39, 0.29) is 0 Å². The SMILES string of the molecule is CCC(CC)NCc1ccc(OC)c(C)c1OC.O=C(O)C(=O)O. The van der Waals surface area contributed by atoms with Gasteiger partial charge in [-0.1, -0.05) is 19.9 Å². The molecule has 1 aromatic carbocycles. The summed E-state index contributed by atoms with van der Waals surface area (Å²) in [4.78, 5) is 18.2. The molecule has 24 heavy (non-hydrogen) atoms. The van der Waals surface area contributed by atoms with Crippen molar-refractivity contribution in [3.8, 4) is 11.5 Å². The van der Waals surface area contributed by atoms with Crippen LogP contribution < -0.4 is 14.8 Å². The fourth-order valence-electron chi connectivity index (χ4n) is 2.21. The van der Waals surface area contributed by atoms with Crippen molar-refractivity contribution in [2.24, 2.45) is 0 Å². The normalized spacial score (nSPS) is 9.92. The van der Waals surface area contributed by atoms with E-state index in [2.05, 4.69) is 25.2 Å². The van der Waals surface area contributed by atoms with E-state index >= 15 is 0 Å². The van der Waals surface area contributed by atoms with Crippen LogP contribution in [-0.2, 0) is 16.1 Å². The first kappa shape index (κ1) is 21.7. The maximum absolute atomic E-state index is 9.10. The molecule has 136 valence electrons. The Hall–Kier alpha value is -2.28. The highest BCUT2D eigenvalue weighted by molar-refractivity contribution is 6.27. The molecule has 0 amide bonds. The van der Waals surface area contributed by atoms with Gasteiger partial charge in [0, 0.05) is 23.7 Å². The van der Waals surface area contributed by atoms with E-state index in [0.29, 0.717) is 6.04 Å². The fraction of sp³-hybridized carbons (Fsp3) is 0.529. The quantitative estimate of drug-likeness (QED) is 0.654. The van der Waals surface area contributed by atoms with Crippen LogP contribution in [0.15, 0.2) is 12.1 Å². The van der Waals surface area contributed by atoms with Gasteiger partial charge in [0.15, 0.2) is 0 Å². The van der Waals surface area contributed by atoms with Crippen molar-refractivity contribution in [2.75, 3.05) is 14.2 Å². The summed E-state index contributed by atoms with van der Waals surface area (Å²) in [5.41, 5.74) is 2.24. The molecule has 0 aromatic heterocycles. The minimum absolute atomic E-state index is 0.567. The summed E-state index contributed by atoms with van der Waals surface area (Å²) in [7, 11) is 3.40. The number of nitrogens with one attached hydrogen (secondary N) is 1. The number of rotatable bonds is 7. The highest BCUT2D eigenvalue weighted by atomic mass is 16.5. The van der Waals surface area contributed by atoms with Gasteiger partial charge in [-0.15, -0.1) is 0 Å². The Balaban J connectivity index is 0.000000754. The largest absolute Gasteiger partial charge is 0.496 e. The molecule has 0 fully saturated rings. The van der Waals surface area contributed by atoms with E-state index in [1.165, 1.54) is 5.56 Å². The molecule has 7 heteroatoms. The second-order valence-corrected chi connectivity index (χ2v) is 5.09. The standard InChI is InChI=1S/C15H25NO2.C2H2O4/c1-6-13(7-2)16-10-12-8-9-14(17-4)11(3)15(12)18-5;3-1(4)2(5)6/h8-9,13,16H,6-7,10H2,1-5H3;(H,3,4)(H,5,6). The topological polar surface area (TPSA) is 105 Å². The van der Waals surface area contributed by atoms with Gasteiger partial charge in [-0.25, -0.2) is 9.59 Å². The van der Waals surface area contributed by atoms with Crippen molar-refractivity contribution in [2.45, 2.75) is 46.2 Å². The Morgan fingerprint density at radius 2 is 1.62 bits per heavy atom. The van der Waals surface area contributed by atoms with Gasteiger partial charge in [0.1, 0.15) is 11.5 Å². The Bertz CT molecular complexity index is 528. The molecule has 1 rings (SSSR count). The van der Waals surface area contributed by atoms with Crippen LogP contribution in [0.5, 0.6) is 11.5 Å². The van der Waals surface area contributed by atoms with Crippen LogP contribution in [0, 0.1) is 6.92 Å². The fourth-order valence-corrected chi connectivity index (χ4v) is 2.21. The molecule has 0 aliphatic rings. The number of carboxylic acids is 2. The monoisotopic (exact) mass is 341 g/mol. The number of benzene rings is 1. The Morgan fingerprint density at radius 3 is 2.00 bits per heavy atom. The first-order valence-corrected chi connectivity index (χ1v) is 7.72. The maximum Gasteiger partial charge on any atom is 0.414 e. The van der Waals surface area contributed by atoms with Crippen LogP contribution >= 0.6 is 0 Å². The molecule has 3 N–H and O–H groups in total. The van der Waals surface area contributed by atoms with Crippen LogP contribution in [-0.4, -0.2) is 42.4 Å². The minimum atomic E-state index is -1.82. The summed E-state index contributed by atoms with van der Waals surface area (Å²) < 4.78 is 10.8. The molecule has 0 radical (unpaired) electrons. The van der Waals surface area contributed by atoms with E-state index in [1.807, 2.05) is 13.0 Å². The van der Waals surface area contributed by atoms with Crippen LogP contribution in [0.25, 0.3) is 0 Å². The van der Waals surface area contributed by atoms with Gasteiger partial charge in [0.25, 0.3) is 0 Å². The molecule has 0 saturated carbocycles. The summed E-state index contributed by atoms with van der Waals surface area (Å²) in [5.74, 6) is -1.85.